The van der Waals surface area contributed by atoms with E-state index in [4.69, 9.17) is 9.31 Å². The molecule has 5 heteroatoms. The number of hydrogen-bond acceptors (Lipinski definition) is 4. The Morgan fingerprint density at radius 2 is 1.67 bits per heavy atom. The van der Waals surface area contributed by atoms with Crippen molar-refractivity contribution in [2.45, 2.75) is 65.1 Å². The van der Waals surface area contributed by atoms with Crippen molar-refractivity contribution in [2.24, 2.45) is 0 Å². The quantitative estimate of drug-likeness (QED) is 0.757. The van der Waals surface area contributed by atoms with E-state index in [0.29, 0.717) is 0 Å². The molecule has 1 fully saturated rings. The molecule has 24 heavy (non-hydrogen) atoms. The lowest BCUT2D eigenvalue weighted by Gasteiger charge is -2.32. The van der Waals surface area contributed by atoms with Crippen molar-refractivity contribution in [3.63, 3.8) is 0 Å². The fourth-order valence-electron chi connectivity index (χ4n) is 2.60. The highest BCUT2D eigenvalue weighted by molar-refractivity contribution is 7.14. The Labute approximate surface area is 149 Å². The molecule has 1 saturated heterocycles. The Morgan fingerprint density at radius 1 is 1.04 bits per heavy atom. The number of nitrogens with zero attached hydrogens (tertiary/aromatic N) is 1. The van der Waals surface area contributed by atoms with Crippen LogP contribution in [0.1, 0.15) is 54.2 Å². The summed E-state index contributed by atoms with van der Waals surface area (Å²) in [5.41, 5.74) is 2.81. The molecular weight excluding hydrogens is 317 g/mol. The van der Waals surface area contributed by atoms with Gasteiger partial charge in [0.2, 0.25) is 0 Å². The molecule has 3 nitrogen and oxygen atoms in total. The van der Waals surface area contributed by atoms with E-state index in [9.17, 15) is 0 Å². The molecule has 0 radical (unpaired) electrons. The first-order chi connectivity index (χ1) is 11.0. The van der Waals surface area contributed by atoms with Gasteiger partial charge < -0.3 is 9.31 Å². The van der Waals surface area contributed by atoms with Gasteiger partial charge in [0.25, 0.3) is 0 Å². The van der Waals surface area contributed by atoms with Gasteiger partial charge in [-0.15, -0.1) is 11.3 Å². The summed E-state index contributed by atoms with van der Waals surface area (Å²) in [4.78, 5) is 5.73. The van der Waals surface area contributed by atoms with Crippen molar-refractivity contribution >= 4 is 23.9 Å². The van der Waals surface area contributed by atoms with Gasteiger partial charge in [-0.1, -0.05) is 20.8 Å². The van der Waals surface area contributed by atoms with Crippen molar-refractivity contribution in [1.82, 2.24) is 4.98 Å². The largest absolute Gasteiger partial charge is 0.495 e. The van der Waals surface area contributed by atoms with Crippen LogP contribution < -0.4 is 5.46 Å². The SMILES string of the molecule is CC(C)(C)c1cc(-c2cc(B3OC(C)(C)C(C)(C)O3)cs2)ccn1. The van der Waals surface area contributed by atoms with E-state index in [1.54, 1.807) is 11.3 Å². The summed E-state index contributed by atoms with van der Waals surface area (Å²) < 4.78 is 12.3. The van der Waals surface area contributed by atoms with E-state index in [-0.39, 0.29) is 23.7 Å². The number of hydrogen-bond donors (Lipinski definition) is 0. The van der Waals surface area contributed by atoms with Gasteiger partial charge in [0.15, 0.2) is 0 Å². The smallest absolute Gasteiger partial charge is 0.399 e. The Hall–Kier alpha value is -1.17. The van der Waals surface area contributed by atoms with Gasteiger partial charge >= 0.3 is 7.12 Å². The number of aromatic nitrogens is 1. The first-order valence-corrected chi connectivity index (χ1v) is 9.28. The summed E-state index contributed by atoms with van der Waals surface area (Å²) in [6.45, 7) is 14.9. The Bertz CT molecular complexity index is 730. The monoisotopic (exact) mass is 343 g/mol. The molecule has 0 aliphatic carbocycles. The van der Waals surface area contributed by atoms with Crippen molar-refractivity contribution in [2.75, 3.05) is 0 Å². The molecule has 0 N–H and O–H groups in total. The molecule has 0 amide bonds. The molecule has 0 spiro atoms. The van der Waals surface area contributed by atoms with E-state index in [1.807, 2.05) is 6.20 Å². The Kier molecular flexibility index (Phi) is 4.18. The minimum atomic E-state index is -0.310. The molecule has 1 aliphatic rings. The first kappa shape index (κ1) is 17.7. The normalized spacial score (nSPS) is 19.7. The second-order valence-electron chi connectivity index (χ2n) is 8.51. The molecule has 3 rings (SSSR count). The number of rotatable bonds is 2. The van der Waals surface area contributed by atoms with E-state index in [1.165, 1.54) is 10.4 Å². The maximum absolute atomic E-state index is 6.15. The minimum absolute atomic E-state index is 0.0435. The van der Waals surface area contributed by atoms with Crippen LogP contribution in [-0.2, 0) is 14.7 Å². The summed E-state index contributed by atoms with van der Waals surface area (Å²) >= 11 is 1.72. The summed E-state index contributed by atoms with van der Waals surface area (Å²) in [6.07, 6.45) is 1.89. The lowest BCUT2D eigenvalue weighted by atomic mass is 9.81. The predicted octanol–water partition coefficient (Wildman–Crippen LogP) is 4.41. The van der Waals surface area contributed by atoms with Gasteiger partial charge in [-0.3, -0.25) is 4.98 Å². The zero-order valence-corrected chi connectivity index (χ0v) is 16.5. The van der Waals surface area contributed by atoms with E-state index >= 15 is 0 Å². The third kappa shape index (κ3) is 3.17. The van der Waals surface area contributed by atoms with Crippen LogP contribution in [0.25, 0.3) is 10.4 Å². The maximum Gasteiger partial charge on any atom is 0.495 e. The van der Waals surface area contributed by atoms with Crippen LogP contribution in [0.3, 0.4) is 0 Å². The highest BCUT2D eigenvalue weighted by atomic mass is 32.1. The van der Waals surface area contributed by atoms with E-state index in [2.05, 4.69) is 77.0 Å². The van der Waals surface area contributed by atoms with Crippen LogP contribution in [0.4, 0.5) is 0 Å². The van der Waals surface area contributed by atoms with Crippen LogP contribution in [0.15, 0.2) is 29.8 Å². The summed E-state index contributed by atoms with van der Waals surface area (Å²) in [7, 11) is -0.302. The van der Waals surface area contributed by atoms with Crippen LogP contribution in [0, 0.1) is 0 Å². The zero-order valence-electron chi connectivity index (χ0n) is 15.6. The number of pyridine rings is 1. The van der Waals surface area contributed by atoms with Crippen molar-refractivity contribution < 1.29 is 9.31 Å². The van der Waals surface area contributed by atoms with E-state index in [0.717, 1.165) is 11.2 Å². The molecule has 0 atom stereocenters. The number of thiophene rings is 1. The lowest BCUT2D eigenvalue weighted by molar-refractivity contribution is 0.00578. The molecule has 0 aromatic carbocycles. The molecule has 2 aromatic rings. The van der Waals surface area contributed by atoms with Gasteiger partial charge in [0.1, 0.15) is 0 Å². The molecule has 128 valence electrons. The van der Waals surface area contributed by atoms with Gasteiger partial charge in [-0.05, 0) is 62.3 Å². The third-order valence-electron chi connectivity index (χ3n) is 4.96. The molecule has 3 heterocycles. The average molecular weight is 343 g/mol. The molecule has 0 saturated carbocycles. The van der Waals surface area contributed by atoms with E-state index < -0.39 is 0 Å². The van der Waals surface area contributed by atoms with Gasteiger partial charge in [-0.25, -0.2) is 0 Å². The molecule has 0 bridgehead atoms. The highest BCUT2D eigenvalue weighted by Gasteiger charge is 2.51. The van der Waals surface area contributed by atoms with Crippen molar-refractivity contribution in [1.29, 1.82) is 0 Å². The summed E-state index contributed by atoms with van der Waals surface area (Å²) in [5.74, 6) is 0. The lowest BCUT2D eigenvalue weighted by Crippen LogP contribution is -2.41. The molecular formula is C19H26BNO2S. The fraction of sp³-hybridized carbons (Fsp3) is 0.526. The predicted molar refractivity (Wildman–Crippen MR) is 102 cm³/mol. The topological polar surface area (TPSA) is 31.4 Å². The van der Waals surface area contributed by atoms with Crippen LogP contribution in [0.2, 0.25) is 0 Å². The van der Waals surface area contributed by atoms with Crippen molar-refractivity contribution in [3.05, 3.63) is 35.5 Å². The minimum Gasteiger partial charge on any atom is -0.399 e. The highest BCUT2D eigenvalue weighted by Crippen LogP contribution is 2.37. The van der Waals surface area contributed by atoms with Gasteiger partial charge in [-0.2, -0.15) is 0 Å². The zero-order chi connectivity index (χ0) is 17.8. The second-order valence-corrected chi connectivity index (χ2v) is 9.42. The Balaban J connectivity index is 1.87. The second kappa shape index (κ2) is 5.68. The van der Waals surface area contributed by atoms with Crippen LogP contribution in [-0.4, -0.2) is 23.3 Å². The molecule has 1 aliphatic heterocycles. The summed E-state index contributed by atoms with van der Waals surface area (Å²) in [5, 5.41) is 2.13. The molecule has 0 unspecified atom stereocenters. The van der Waals surface area contributed by atoms with Gasteiger partial charge in [0.05, 0.1) is 11.2 Å². The van der Waals surface area contributed by atoms with Crippen LogP contribution in [0.5, 0.6) is 0 Å². The first-order valence-electron chi connectivity index (χ1n) is 8.41. The standard InChI is InChI=1S/C19H26BNO2S/c1-17(2,3)16-10-13(8-9-21-16)15-11-14(12-24-15)20-22-18(4,5)19(6,7)23-20/h8-12H,1-7H3. The third-order valence-corrected chi connectivity index (χ3v) is 5.96. The average Bonchev–Trinajstić information content (AvgIpc) is 3.02. The summed E-state index contributed by atoms with van der Waals surface area (Å²) in [6, 6.07) is 6.42. The maximum atomic E-state index is 6.15. The van der Waals surface area contributed by atoms with Crippen LogP contribution >= 0.6 is 11.3 Å². The van der Waals surface area contributed by atoms with Gasteiger partial charge in [0, 0.05) is 22.2 Å². The Morgan fingerprint density at radius 3 is 2.25 bits per heavy atom. The molecule has 2 aromatic heterocycles. The fourth-order valence-corrected chi connectivity index (χ4v) is 3.51. The van der Waals surface area contributed by atoms with Crippen molar-refractivity contribution in [3.8, 4) is 10.4 Å².